The van der Waals surface area contributed by atoms with Crippen LogP contribution in [0.1, 0.15) is 43.7 Å². The number of fused-ring (bicyclic) bond motifs is 5. The van der Waals surface area contributed by atoms with Crippen LogP contribution in [-0.4, -0.2) is 67.1 Å². The van der Waals surface area contributed by atoms with Crippen LogP contribution in [0.3, 0.4) is 0 Å². The van der Waals surface area contributed by atoms with Gasteiger partial charge in [-0.2, -0.15) is 4.31 Å². The first-order valence-electron chi connectivity index (χ1n) is 12.9. The number of hydrogen-bond acceptors (Lipinski definition) is 6. The summed E-state index contributed by atoms with van der Waals surface area (Å²) in [5.41, 5.74) is 2.01. The van der Waals surface area contributed by atoms with Crippen molar-refractivity contribution in [2.75, 3.05) is 25.4 Å². The molecule has 2 fully saturated rings. The summed E-state index contributed by atoms with van der Waals surface area (Å²) >= 11 is 0. The second-order valence-electron chi connectivity index (χ2n) is 10.0. The largest absolute Gasteiger partial charge is 0.457 e. The molecule has 2 aromatic carbocycles. The summed E-state index contributed by atoms with van der Waals surface area (Å²) < 4.78 is 39.7. The van der Waals surface area contributed by atoms with E-state index in [-0.39, 0.29) is 31.3 Å². The molecule has 8 nitrogen and oxygen atoms in total. The Hall–Kier alpha value is -2.46. The monoisotopic (exact) mass is 513 g/mol. The number of sulfonamides is 1. The van der Waals surface area contributed by atoms with Crippen LogP contribution in [0.15, 0.2) is 48.5 Å². The fourth-order valence-corrected chi connectivity index (χ4v) is 6.57. The quantitative estimate of drug-likeness (QED) is 0.660. The lowest BCUT2D eigenvalue weighted by Gasteiger charge is -2.25. The molecule has 1 saturated carbocycles. The van der Waals surface area contributed by atoms with Gasteiger partial charge in [-0.1, -0.05) is 37.6 Å². The van der Waals surface area contributed by atoms with Gasteiger partial charge in [0, 0.05) is 25.7 Å². The summed E-state index contributed by atoms with van der Waals surface area (Å²) in [5.74, 6) is 1.49. The number of nitrogens with one attached hydrogen (secondary N) is 1. The molecule has 1 amide bonds. The first-order chi connectivity index (χ1) is 17.4. The number of carbonyl (C=O) groups excluding carboxylic acids is 1. The molecule has 36 heavy (non-hydrogen) atoms. The highest BCUT2D eigenvalue weighted by Crippen LogP contribution is 2.30. The molecule has 4 bridgehead atoms. The molecule has 2 aliphatic heterocycles. The van der Waals surface area contributed by atoms with Crippen molar-refractivity contribution < 1.29 is 22.7 Å². The molecule has 1 aliphatic carbocycles. The number of hydrogen-bond donors (Lipinski definition) is 1. The van der Waals surface area contributed by atoms with Crippen LogP contribution in [-0.2, 0) is 32.7 Å². The normalized spacial score (nSPS) is 24.1. The molecule has 0 spiro atoms. The molecule has 2 aromatic rings. The van der Waals surface area contributed by atoms with Crippen molar-refractivity contribution >= 4 is 15.9 Å². The predicted octanol–water partition coefficient (Wildman–Crippen LogP) is 3.27. The lowest BCUT2D eigenvalue weighted by atomic mass is 10.1. The topological polar surface area (TPSA) is 88.2 Å². The molecule has 2 atom stereocenters. The number of ether oxygens (including phenoxy) is 2. The average molecular weight is 514 g/mol. The molecule has 0 unspecified atom stereocenters. The van der Waals surface area contributed by atoms with E-state index >= 15 is 0 Å². The Bertz CT molecular complexity index is 1180. The summed E-state index contributed by atoms with van der Waals surface area (Å²) in [4.78, 5) is 15.4. The van der Waals surface area contributed by atoms with Gasteiger partial charge in [0.1, 0.15) is 11.5 Å². The Labute approximate surface area is 213 Å². The number of unbranched alkanes of at least 4 members (excludes halogenated alkanes) is 1. The van der Waals surface area contributed by atoms with Crippen LogP contribution in [0, 0.1) is 0 Å². The fourth-order valence-electron chi connectivity index (χ4n) is 4.90. The minimum absolute atomic E-state index is 0.102. The van der Waals surface area contributed by atoms with Crippen molar-refractivity contribution in [1.82, 2.24) is 14.5 Å². The zero-order chi connectivity index (χ0) is 25.1. The van der Waals surface area contributed by atoms with Gasteiger partial charge in [-0.25, -0.2) is 8.42 Å². The lowest BCUT2D eigenvalue weighted by Crippen LogP contribution is -2.48. The minimum atomic E-state index is -3.40. The Morgan fingerprint density at radius 2 is 1.72 bits per heavy atom. The van der Waals surface area contributed by atoms with E-state index in [1.165, 1.54) is 4.31 Å². The number of benzene rings is 2. The molecule has 1 saturated heterocycles. The van der Waals surface area contributed by atoms with Crippen molar-refractivity contribution in [2.24, 2.45) is 0 Å². The highest BCUT2D eigenvalue weighted by atomic mass is 32.2. The fraction of sp³-hybridized carbons (Fsp3) is 0.519. The smallest absolute Gasteiger partial charge is 0.234 e. The molecule has 3 aliphatic rings. The van der Waals surface area contributed by atoms with Crippen LogP contribution < -0.4 is 10.1 Å². The Morgan fingerprint density at radius 1 is 1.00 bits per heavy atom. The first kappa shape index (κ1) is 25.2. The van der Waals surface area contributed by atoms with E-state index < -0.39 is 22.2 Å². The third kappa shape index (κ3) is 6.26. The lowest BCUT2D eigenvalue weighted by molar-refractivity contribution is -0.124. The van der Waals surface area contributed by atoms with Crippen molar-refractivity contribution in [3.63, 3.8) is 0 Å². The molecule has 0 aromatic heterocycles. The van der Waals surface area contributed by atoms with Gasteiger partial charge >= 0.3 is 0 Å². The molecular formula is C27H35N3O5S. The summed E-state index contributed by atoms with van der Waals surface area (Å²) in [7, 11) is -3.40. The van der Waals surface area contributed by atoms with Crippen LogP contribution in [0.5, 0.6) is 11.5 Å². The zero-order valence-corrected chi connectivity index (χ0v) is 21.6. The Balaban J connectivity index is 1.41. The standard InChI is InChI=1S/C27H35N3O5S/c1-2-3-12-36(32,33)30-16-25-26(17-30)34-19-21-7-5-9-24(14-21)35-23-8-4-6-20(13-23)15-29(22-10-11-22)18-27(31)28-25/h4-9,13-14,22,25-26H,2-3,10-12,15-19H2,1H3,(H,28,31)/t25-,26-/m0/s1. The van der Waals surface area contributed by atoms with Gasteiger partial charge in [-0.15, -0.1) is 0 Å². The van der Waals surface area contributed by atoms with Gasteiger partial charge in [-0.3, -0.25) is 9.69 Å². The van der Waals surface area contributed by atoms with E-state index in [0.717, 1.165) is 41.9 Å². The van der Waals surface area contributed by atoms with Crippen molar-refractivity contribution in [1.29, 1.82) is 0 Å². The summed E-state index contributed by atoms with van der Waals surface area (Å²) in [5, 5.41) is 3.11. The van der Waals surface area contributed by atoms with E-state index in [0.29, 0.717) is 25.6 Å². The molecule has 0 radical (unpaired) electrons. The van der Waals surface area contributed by atoms with Crippen molar-refractivity contribution in [3.8, 4) is 11.5 Å². The number of rotatable bonds is 5. The van der Waals surface area contributed by atoms with Gasteiger partial charge in [-0.05, 0) is 54.7 Å². The maximum atomic E-state index is 13.2. The van der Waals surface area contributed by atoms with Crippen molar-refractivity contribution in [3.05, 3.63) is 59.7 Å². The van der Waals surface area contributed by atoms with Crippen molar-refractivity contribution in [2.45, 2.75) is 63.9 Å². The molecule has 1 N–H and O–H groups in total. The molecular weight excluding hydrogens is 478 g/mol. The predicted molar refractivity (Wildman–Crippen MR) is 137 cm³/mol. The number of nitrogens with zero attached hydrogens (tertiary/aromatic N) is 2. The van der Waals surface area contributed by atoms with E-state index in [4.69, 9.17) is 9.47 Å². The first-order valence-corrected chi connectivity index (χ1v) is 14.5. The third-order valence-corrected chi connectivity index (χ3v) is 8.91. The number of amides is 1. The minimum Gasteiger partial charge on any atom is -0.457 e. The molecule has 5 rings (SSSR count). The van der Waals surface area contributed by atoms with E-state index in [2.05, 4.69) is 16.3 Å². The molecule has 194 valence electrons. The number of carbonyl (C=O) groups is 1. The van der Waals surface area contributed by atoms with E-state index in [1.807, 2.05) is 49.4 Å². The van der Waals surface area contributed by atoms with Gasteiger partial charge in [0.2, 0.25) is 15.9 Å². The Kier molecular flexibility index (Phi) is 7.62. The van der Waals surface area contributed by atoms with Crippen LogP contribution >= 0.6 is 0 Å². The second-order valence-corrected chi connectivity index (χ2v) is 12.1. The second kappa shape index (κ2) is 10.9. The van der Waals surface area contributed by atoms with E-state index in [9.17, 15) is 13.2 Å². The maximum Gasteiger partial charge on any atom is 0.234 e. The van der Waals surface area contributed by atoms with Crippen LogP contribution in [0.25, 0.3) is 0 Å². The highest BCUT2D eigenvalue weighted by molar-refractivity contribution is 7.89. The Morgan fingerprint density at radius 3 is 2.44 bits per heavy atom. The average Bonchev–Trinajstić information content (AvgIpc) is 3.62. The summed E-state index contributed by atoms with van der Waals surface area (Å²) in [6, 6.07) is 15.7. The third-order valence-electron chi connectivity index (χ3n) is 7.02. The highest BCUT2D eigenvalue weighted by Gasteiger charge is 2.40. The zero-order valence-electron chi connectivity index (χ0n) is 20.8. The summed E-state index contributed by atoms with van der Waals surface area (Å²) in [6.45, 7) is 3.66. The SMILES string of the molecule is CCCCS(=O)(=O)N1C[C@@H]2NC(=O)CN(C3CC3)Cc3cccc(c3)Oc3cccc(c3)CO[C@H]2C1. The summed E-state index contributed by atoms with van der Waals surface area (Å²) in [6.07, 6.45) is 3.16. The molecule has 2 heterocycles. The van der Waals surface area contributed by atoms with Gasteiger partial charge in [0.15, 0.2) is 0 Å². The van der Waals surface area contributed by atoms with Gasteiger partial charge in [0.05, 0.1) is 31.1 Å². The van der Waals surface area contributed by atoms with Crippen LogP contribution in [0.4, 0.5) is 0 Å². The van der Waals surface area contributed by atoms with Gasteiger partial charge < -0.3 is 14.8 Å². The van der Waals surface area contributed by atoms with Gasteiger partial charge in [0.25, 0.3) is 0 Å². The maximum absolute atomic E-state index is 13.2. The van der Waals surface area contributed by atoms with Crippen LogP contribution in [0.2, 0.25) is 0 Å². The van der Waals surface area contributed by atoms with E-state index in [1.54, 1.807) is 0 Å². The molecule has 9 heteroatoms.